The van der Waals surface area contributed by atoms with Crippen molar-refractivity contribution in [1.29, 1.82) is 0 Å². The molecular formula is C16H23Cl2N3O2. The van der Waals surface area contributed by atoms with Crippen molar-refractivity contribution in [3.8, 4) is 0 Å². The number of anilines is 1. The van der Waals surface area contributed by atoms with Crippen LogP contribution in [0.15, 0.2) is 18.2 Å². The van der Waals surface area contributed by atoms with Crippen molar-refractivity contribution in [3.05, 3.63) is 28.8 Å². The van der Waals surface area contributed by atoms with E-state index >= 15 is 0 Å². The van der Waals surface area contributed by atoms with E-state index in [1.165, 1.54) is 0 Å². The van der Waals surface area contributed by atoms with Crippen molar-refractivity contribution in [2.75, 3.05) is 31.5 Å². The molecule has 1 fully saturated rings. The molecule has 1 aromatic carbocycles. The average Bonchev–Trinajstić information content (AvgIpc) is 2.77. The second-order valence-corrected chi connectivity index (χ2v) is 6.14. The zero-order valence-corrected chi connectivity index (χ0v) is 15.0. The van der Waals surface area contributed by atoms with E-state index in [1.54, 1.807) is 23.1 Å². The summed E-state index contributed by atoms with van der Waals surface area (Å²) in [6.45, 7) is 6.72. The molecule has 1 saturated heterocycles. The molecule has 0 spiro atoms. The Balaban J connectivity index is 0.00000264. The number of benzene rings is 1. The Labute approximate surface area is 148 Å². The summed E-state index contributed by atoms with van der Waals surface area (Å²) in [7, 11) is 0. The standard InChI is InChI=1S/C16H22ClN3O2.ClH/c1-11(2)15(21)19-12-4-5-14(17)13(10-12)16(22)20-8-3-6-18-7-9-20;/h4-5,10-11,18H,3,6-9H2,1-2H3,(H,19,21);1H. The maximum Gasteiger partial charge on any atom is 0.255 e. The Morgan fingerprint density at radius 3 is 2.70 bits per heavy atom. The van der Waals surface area contributed by atoms with E-state index in [9.17, 15) is 9.59 Å². The fourth-order valence-corrected chi connectivity index (χ4v) is 2.47. The van der Waals surface area contributed by atoms with E-state index in [0.29, 0.717) is 29.4 Å². The highest BCUT2D eigenvalue weighted by atomic mass is 35.5. The fraction of sp³-hybridized carbons (Fsp3) is 0.500. The lowest BCUT2D eigenvalue weighted by molar-refractivity contribution is -0.118. The van der Waals surface area contributed by atoms with Crippen LogP contribution in [-0.2, 0) is 4.79 Å². The van der Waals surface area contributed by atoms with Crippen molar-refractivity contribution >= 4 is 41.5 Å². The number of nitrogens with one attached hydrogen (secondary N) is 2. The van der Waals surface area contributed by atoms with Crippen LogP contribution in [0.1, 0.15) is 30.6 Å². The topological polar surface area (TPSA) is 61.4 Å². The van der Waals surface area contributed by atoms with Gasteiger partial charge in [0, 0.05) is 31.2 Å². The average molecular weight is 360 g/mol. The van der Waals surface area contributed by atoms with Gasteiger partial charge in [-0.25, -0.2) is 0 Å². The van der Waals surface area contributed by atoms with Crippen LogP contribution in [0.4, 0.5) is 5.69 Å². The minimum absolute atomic E-state index is 0. The monoisotopic (exact) mass is 359 g/mol. The molecule has 0 aromatic heterocycles. The second-order valence-electron chi connectivity index (χ2n) is 5.73. The molecule has 23 heavy (non-hydrogen) atoms. The van der Waals surface area contributed by atoms with Crippen molar-refractivity contribution < 1.29 is 9.59 Å². The Morgan fingerprint density at radius 1 is 1.26 bits per heavy atom. The van der Waals surface area contributed by atoms with E-state index in [1.807, 2.05) is 13.8 Å². The highest BCUT2D eigenvalue weighted by Gasteiger charge is 2.20. The summed E-state index contributed by atoms with van der Waals surface area (Å²) in [6, 6.07) is 5.02. The summed E-state index contributed by atoms with van der Waals surface area (Å²) in [5, 5.41) is 6.47. The van der Waals surface area contributed by atoms with E-state index in [0.717, 1.165) is 19.5 Å². The molecule has 0 bridgehead atoms. The van der Waals surface area contributed by atoms with Gasteiger partial charge in [-0.2, -0.15) is 0 Å². The van der Waals surface area contributed by atoms with Crippen LogP contribution < -0.4 is 10.6 Å². The first kappa shape index (κ1) is 19.7. The number of carbonyl (C=O) groups excluding carboxylic acids is 2. The van der Waals surface area contributed by atoms with Gasteiger partial charge >= 0.3 is 0 Å². The first-order valence-electron chi connectivity index (χ1n) is 7.59. The Morgan fingerprint density at radius 2 is 2.00 bits per heavy atom. The van der Waals surface area contributed by atoms with Crippen LogP contribution in [0.3, 0.4) is 0 Å². The van der Waals surface area contributed by atoms with Gasteiger partial charge in [-0.1, -0.05) is 25.4 Å². The fourth-order valence-electron chi connectivity index (χ4n) is 2.27. The molecule has 0 unspecified atom stereocenters. The molecule has 0 radical (unpaired) electrons. The normalized spacial score (nSPS) is 14.9. The van der Waals surface area contributed by atoms with Crippen LogP contribution in [-0.4, -0.2) is 42.9 Å². The molecule has 1 heterocycles. The molecule has 1 aromatic rings. The van der Waals surface area contributed by atoms with Gasteiger partial charge in [0.1, 0.15) is 0 Å². The van der Waals surface area contributed by atoms with E-state index in [4.69, 9.17) is 11.6 Å². The van der Waals surface area contributed by atoms with Crippen molar-refractivity contribution in [1.82, 2.24) is 10.2 Å². The van der Waals surface area contributed by atoms with Crippen LogP contribution in [0.25, 0.3) is 0 Å². The molecule has 7 heteroatoms. The maximum atomic E-state index is 12.6. The highest BCUT2D eigenvalue weighted by Crippen LogP contribution is 2.23. The van der Waals surface area contributed by atoms with E-state index in [-0.39, 0.29) is 30.1 Å². The van der Waals surface area contributed by atoms with Crippen LogP contribution in [0.2, 0.25) is 5.02 Å². The quantitative estimate of drug-likeness (QED) is 0.872. The predicted molar refractivity (Wildman–Crippen MR) is 95.6 cm³/mol. The molecular weight excluding hydrogens is 337 g/mol. The lowest BCUT2D eigenvalue weighted by Crippen LogP contribution is -2.34. The number of hydrogen-bond donors (Lipinski definition) is 2. The van der Waals surface area contributed by atoms with Gasteiger partial charge in [-0.3, -0.25) is 9.59 Å². The van der Waals surface area contributed by atoms with Gasteiger partial charge in [0.05, 0.1) is 10.6 Å². The van der Waals surface area contributed by atoms with Crippen LogP contribution in [0, 0.1) is 5.92 Å². The maximum absolute atomic E-state index is 12.6. The Kier molecular flexibility index (Phi) is 7.82. The third-order valence-corrected chi connectivity index (χ3v) is 3.95. The van der Waals surface area contributed by atoms with Crippen LogP contribution in [0.5, 0.6) is 0 Å². The molecule has 128 valence electrons. The summed E-state index contributed by atoms with van der Waals surface area (Å²) < 4.78 is 0. The minimum Gasteiger partial charge on any atom is -0.337 e. The molecule has 1 aliphatic heterocycles. The number of halogens is 2. The van der Waals surface area contributed by atoms with Gasteiger partial charge in [-0.05, 0) is 31.2 Å². The van der Waals surface area contributed by atoms with E-state index in [2.05, 4.69) is 10.6 Å². The van der Waals surface area contributed by atoms with Crippen molar-refractivity contribution in [3.63, 3.8) is 0 Å². The van der Waals surface area contributed by atoms with Crippen molar-refractivity contribution in [2.45, 2.75) is 20.3 Å². The largest absolute Gasteiger partial charge is 0.337 e. The molecule has 2 N–H and O–H groups in total. The lowest BCUT2D eigenvalue weighted by Gasteiger charge is -2.21. The molecule has 2 rings (SSSR count). The molecule has 0 atom stereocenters. The minimum atomic E-state index is -0.119. The molecule has 2 amide bonds. The number of rotatable bonds is 3. The van der Waals surface area contributed by atoms with Gasteiger partial charge in [0.25, 0.3) is 5.91 Å². The van der Waals surface area contributed by atoms with Gasteiger partial charge < -0.3 is 15.5 Å². The first-order valence-corrected chi connectivity index (χ1v) is 7.97. The van der Waals surface area contributed by atoms with Crippen molar-refractivity contribution in [2.24, 2.45) is 5.92 Å². The summed E-state index contributed by atoms with van der Waals surface area (Å²) in [4.78, 5) is 26.2. The zero-order valence-electron chi connectivity index (χ0n) is 13.4. The molecule has 1 aliphatic rings. The van der Waals surface area contributed by atoms with Crippen LogP contribution >= 0.6 is 24.0 Å². The molecule has 0 aliphatic carbocycles. The summed E-state index contributed by atoms with van der Waals surface area (Å²) in [5.74, 6) is -0.291. The SMILES string of the molecule is CC(C)C(=O)Nc1ccc(Cl)c(C(=O)N2CCCNCC2)c1.Cl. The summed E-state index contributed by atoms with van der Waals surface area (Å²) >= 11 is 6.17. The zero-order chi connectivity index (χ0) is 16.1. The predicted octanol–water partition coefficient (Wildman–Crippen LogP) is 2.79. The number of carbonyl (C=O) groups is 2. The number of nitrogens with zero attached hydrogens (tertiary/aromatic N) is 1. The third kappa shape index (κ3) is 5.37. The van der Waals surface area contributed by atoms with E-state index < -0.39 is 0 Å². The van der Waals surface area contributed by atoms with Gasteiger partial charge in [0.15, 0.2) is 0 Å². The Hall–Kier alpha value is -1.30. The molecule has 0 saturated carbocycles. The first-order chi connectivity index (χ1) is 10.5. The summed E-state index contributed by atoms with van der Waals surface area (Å²) in [5.41, 5.74) is 1.03. The van der Waals surface area contributed by atoms with Gasteiger partial charge in [0.2, 0.25) is 5.91 Å². The highest BCUT2D eigenvalue weighted by molar-refractivity contribution is 6.34. The molecule has 5 nitrogen and oxygen atoms in total. The summed E-state index contributed by atoms with van der Waals surface area (Å²) in [6.07, 6.45) is 0.924. The lowest BCUT2D eigenvalue weighted by atomic mass is 10.1. The smallest absolute Gasteiger partial charge is 0.255 e. The third-order valence-electron chi connectivity index (χ3n) is 3.62. The second kappa shape index (κ2) is 9.11. The van der Waals surface area contributed by atoms with Gasteiger partial charge in [-0.15, -0.1) is 12.4 Å². The Bertz CT molecular complexity index is 556. The number of amides is 2. The number of hydrogen-bond acceptors (Lipinski definition) is 3.